The maximum absolute atomic E-state index is 12.4. The second-order valence-electron chi connectivity index (χ2n) is 6.13. The first-order chi connectivity index (χ1) is 13.8. The van der Waals surface area contributed by atoms with E-state index in [1.807, 2.05) is 0 Å². The van der Waals surface area contributed by atoms with Crippen molar-refractivity contribution in [2.24, 2.45) is 0 Å². The van der Waals surface area contributed by atoms with Gasteiger partial charge in [-0.05, 0) is 25.1 Å². The molecular weight excluding hydrogens is 382 g/mol. The van der Waals surface area contributed by atoms with Crippen LogP contribution in [-0.4, -0.2) is 46.2 Å². The van der Waals surface area contributed by atoms with Gasteiger partial charge >= 0.3 is 5.97 Å². The Morgan fingerprint density at radius 2 is 1.62 bits per heavy atom. The lowest BCUT2D eigenvalue weighted by Gasteiger charge is -2.20. The van der Waals surface area contributed by atoms with E-state index in [0.717, 1.165) is 4.90 Å². The summed E-state index contributed by atoms with van der Waals surface area (Å²) in [6, 6.07) is 10.4. The number of hydrogen-bond donors (Lipinski definition) is 1. The highest BCUT2D eigenvalue weighted by molar-refractivity contribution is 6.22. The van der Waals surface area contributed by atoms with Gasteiger partial charge in [0.05, 0.1) is 16.1 Å². The summed E-state index contributed by atoms with van der Waals surface area (Å²) in [5.74, 6) is -3.02. The van der Waals surface area contributed by atoms with Crippen molar-refractivity contribution in [3.63, 3.8) is 0 Å². The molecule has 10 heteroatoms. The normalized spacial score (nSPS) is 13.6. The lowest BCUT2D eigenvalue weighted by molar-refractivity contribution is -0.383. The molecule has 3 amide bonds. The van der Waals surface area contributed by atoms with Gasteiger partial charge in [0.25, 0.3) is 23.4 Å². The third kappa shape index (κ3) is 3.81. The van der Waals surface area contributed by atoms with E-state index in [1.165, 1.54) is 43.3 Å². The molecule has 1 N–H and O–H groups in total. The van der Waals surface area contributed by atoms with Crippen molar-refractivity contribution >= 4 is 35.1 Å². The van der Waals surface area contributed by atoms with Crippen LogP contribution in [0.3, 0.4) is 0 Å². The number of fused-ring (bicyclic) bond motifs is 1. The van der Waals surface area contributed by atoms with Gasteiger partial charge in [-0.2, -0.15) is 0 Å². The molecular formula is C19H15N3O7. The predicted molar refractivity (Wildman–Crippen MR) is 99.1 cm³/mol. The van der Waals surface area contributed by atoms with Gasteiger partial charge < -0.3 is 10.1 Å². The molecule has 148 valence electrons. The van der Waals surface area contributed by atoms with Crippen LogP contribution in [0.2, 0.25) is 0 Å². The fourth-order valence-corrected chi connectivity index (χ4v) is 2.85. The number of nitrogens with one attached hydrogen (secondary N) is 1. The van der Waals surface area contributed by atoms with Crippen LogP contribution in [0.25, 0.3) is 0 Å². The van der Waals surface area contributed by atoms with Gasteiger partial charge in [0.1, 0.15) is 11.7 Å². The molecule has 2 aromatic carbocycles. The zero-order valence-electron chi connectivity index (χ0n) is 15.2. The number of nitro groups is 1. The summed E-state index contributed by atoms with van der Waals surface area (Å²) < 4.78 is 4.88. The number of anilines is 1. The number of esters is 1. The van der Waals surface area contributed by atoms with Crippen molar-refractivity contribution in [3.8, 4) is 0 Å². The van der Waals surface area contributed by atoms with Crippen LogP contribution in [0.15, 0.2) is 48.5 Å². The van der Waals surface area contributed by atoms with Gasteiger partial charge in [0, 0.05) is 6.07 Å². The second-order valence-corrected chi connectivity index (χ2v) is 6.13. The molecule has 3 rings (SSSR count). The van der Waals surface area contributed by atoms with Gasteiger partial charge in [-0.1, -0.05) is 24.3 Å². The molecule has 29 heavy (non-hydrogen) atoms. The van der Waals surface area contributed by atoms with Gasteiger partial charge in [-0.15, -0.1) is 0 Å². The number of nitrogens with zero attached hydrogens (tertiary/aromatic N) is 2. The summed E-state index contributed by atoms with van der Waals surface area (Å²) in [5.41, 5.74) is 0.0103. The average Bonchev–Trinajstić information content (AvgIpc) is 2.96. The van der Waals surface area contributed by atoms with E-state index in [-0.39, 0.29) is 22.5 Å². The van der Waals surface area contributed by atoms with Crippen LogP contribution < -0.4 is 5.32 Å². The lowest BCUT2D eigenvalue weighted by Crippen LogP contribution is -2.44. The molecule has 10 nitrogen and oxygen atoms in total. The minimum atomic E-state index is -1.25. The molecule has 1 heterocycles. The highest BCUT2D eigenvalue weighted by Crippen LogP contribution is 2.25. The molecule has 0 saturated carbocycles. The lowest BCUT2D eigenvalue weighted by atomic mass is 10.1. The smallest absolute Gasteiger partial charge is 0.329 e. The second kappa shape index (κ2) is 7.89. The molecule has 1 aliphatic heterocycles. The van der Waals surface area contributed by atoms with Crippen molar-refractivity contribution < 1.29 is 28.8 Å². The molecule has 0 radical (unpaired) electrons. The number of carbonyl (C=O) groups is 4. The first-order valence-electron chi connectivity index (χ1n) is 8.48. The van der Waals surface area contributed by atoms with Crippen LogP contribution >= 0.6 is 0 Å². The Morgan fingerprint density at radius 3 is 2.21 bits per heavy atom. The maximum Gasteiger partial charge on any atom is 0.329 e. The third-order valence-corrected chi connectivity index (χ3v) is 4.27. The average molecular weight is 397 g/mol. The number of hydrogen-bond acceptors (Lipinski definition) is 7. The molecule has 0 bridgehead atoms. The van der Waals surface area contributed by atoms with E-state index in [9.17, 15) is 29.3 Å². The van der Waals surface area contributed by atoms with Crippen LogP contribution in [0.1, 0.15) is 27.6 Å². The zero-order chi connectivity index (χ0) is 21.1. The number of imide groups is 1. The fraction of sp³-hybridized carbons (Fsp3) is 0.158. The van der Waals surface area contributed by atoms with Gasteiger partial charge in [0.2, 0.25) is 0 Å². The van der Waals surface area contributed by atoms with E-state index >= 15 is 0 Å². The molecule has 0 aromatic heterocycles. The van der Waals surface area contributed by atoms with Gasteiger partial charge in [-0.25, -0.2) is 4.79 Å². The summed E-state index contributed by atoms with van der Waals surface area (Å²) in [6.07, 6.45) is 0. The number of rotatable bonds is 6. The van der Waals surface area contributed by atoms with E-state index in [0.29, 0.717) is 0 Å². The van der Waals surface area contributed by atoms with Crippen molar-refractivity contribution in [1.82, 2.24) is 4.90 Å². The Morgan fingerprint density at radius 1 is 1.07 bits per heavy atom. The summed E-state index contributed by atoms with van der Waals surface area (Å²) in [5, 5.41) is 13.2. The van der Waals surface area contributed by atoms with Crippen LogP contribution in [0.4, 0.5) is 11.4 Å². The monoisotopic (exact) mass is 397 g/mol. The van der Waals surface area contributed by atoms with Crippen LogP contribution in [0, 0.1) is 10.1 Å². The van der Waals surface area contributed by atoms with Gasteiger partial charge in [0.15, 0.2) is 6.61 Å². The van der Waals surface area contributed by atoms with Crippen molar-refractivity contribution in [2.75, 3.05) is 11.9 Å². The van der Waals surface area contributed by atoms with E-state index in [4.69, 9.17) is 4.74 Å². The summed E-state index contributed by atoms with van der Waals surface area (Å²) >= 11 is 0. The predicted octanol–water partition coefficient (Wildman–Crippen LogP) is 1.76. The topological polar surface area (TPSA) is 136 Å². The Kier molecular flexibility index (Phi) is 5.35. The minimum Gasteiger partial charge on any atom is -0.454 e. The first kappa shape index (κ1) is 19.7. The quantitative estimate of drug-likeness (QED) is 0.339. The summed E-state index contributed by atoms with van der Waals surface area (Å²) in [7, 11) is 0. The zero-order valence-corrected chi connectivity index (χ0v) is 15.2. The number of benzene rings is 2. The molecule has 0 saturated heterocycles. The number of amides is 3. The third-order valence-electron chi connectivity index (χ3n) is 4.27. The Hall–Kier alpha value is -4.08. The highest BCUT2D eigenvalue weighted by atomic mass is 16.6. The molecule has 0 spiro atoms. The molecule has 2 aromatic rings. The SMILES string of the molecule is CC(C(=O)OCC(=O)Nc1ccccc1[N+](=O)[O-])N1C(=O)c2ccccc2C1=O. The number of nitro benzene ring substituents is 1. The Balaban J connectivity index is 1.61. The van der Waals surface area contributed by atoms with E-state index in [1.54, 1.807) is 12.1 Å². The van der Waals surface area contributed by atoms with E-state index in [2.05, 4.69) is 5.32 Å². The molecule has 1 unspecified atom stereocenters. The van der Waals surface area contributed by atoms with Crippen molar-refractivity contribution in [2.45, 2.75) is 13.0 Å². The summed E-state index contributed by atoms with van der Waals surface area (Å²) in [6.45, 7) is 0.572. The molecule has 1 atom stereocenters. The Labute approximate surface area is 164 Å². The van der Waals surface area contributed by atoms with Crippen LogP contribution in [-0.2, 0) is 14.3 Å². The Bertz CT molecular complexity index is 999. The number of ether oxygens (including phenoxy) is 1. The summed E-state index contributed by atoms with van der Waals surface area (Å²) in [4.78, 5) is 60.1. The number of para-hydroxylation sites is 2. The van der Waals surface area contributed by atoms with Gasteiger partial charge in [-0.3, -0.25) is 29.4 Å². The van der Waals surface area contributed by atoms with E-state index < -0.39 is 41.3 Å². The standard InChI is InChI=1S/C19H15N3O7/c1-11(21-17(24)12-6-2-3-7-13(12)18(21)25)19(26)29-10-16(23)20-14-8-4-5-9-15(14)22(27)28/h2-9,11H,10H2,1H3,(H,20,23). The van der Waals surface area contributed by atoms with Crippen LogP contribution in [0.5, 0.6) is 0 Å². The van der Waals surface area contributed by atoms with Crippen molar-refractivity contribution in [1.29, 1.82) is 0 Å². The fourth-order valence-electron chi connectivity index (χ4n) is 2.85. The van der Waals surface area contributed by atoms with Crippen molar-refractivity contribution in [3.05, 3.63) is 69.8 Å². The minimum absolute atomic E-state index is 0.0491. The molecule has 1 aliphatic rings. The number of carbonyl (C=O) groups excluding carboxylic acids is 4. The largest absolute Gasteiger partial charge is 0.454 e. The maximum atomic E-state index is 12.4. The molecule has 0 fully saturated rings. The highest BCUT2D eigenvalue weighted by Gasteiger charge is 2.41. The molecule has 0 aliphatic carbocycles. The first-order valence-corrected chi connectivity index (χ1v) is 8.48.